The molecule has 1 aromatic rings. The van der Waals surface area contributed by atoms with Crippen LogP contribution in [0.1, 0.15) is 11.1 Å². The van der Waals surface area contributed by atoms with E-state index in [-0.39, 0.29) is 0 Å². The summed E-state index contributed by atoms with van der Waals surface area (Å²) < 4.78 is 0. The summed E-state index contributed by atoms with van der Waals surface area (Å²) >= 11 is 0. The highest BCUT2D eigenvalue weighted by atomic mass is 15.0. The fourth-order valence-corrected chi connectivity index (χ4v) is 1.47. The minimum absolute atomic E-state index is 1.00. The van der Waals surface area contributed by atoms with Gasteiger partial charge in [-0.1, -0.05) is 12.1 Å². The number of anilines is 1. The summed E-state index contributed by atoms with van der Waals surface area (Å²) in [5, 5.41) is 3.19. The van der Waals surface area contributed by atoms with Gasteiger partial charge in [0.1, 0.15) is 0 Å². The van der Waals surface area contributed by atoms with E-state index in [2.05, 4.69) is 49.4 Å². The van der Waals surface area contributed by atoms with E-state index < -0.39 is 0 Å². The summed E-state index contributed by atoms with van der Waals surface area (Å²) in [6.45, 7) is 3.16. The highest BCUT2D eigenvalue weighted by Gasteiger charge is 2.02. The standard InChI is InChI=1S/C11H18N2/c1-9-10(8-13(3)4)6-5-7-11(9)12-2/h5-7,12H,8H2,1-4H3. The van der Waals surface area contributed by atoms with E-state index >= 15 is 0 Å². The second-order valence-electron chi connectivity index (χ2n) is 3.58. The Morgan fingerprint density at radius 3 is 2.54 bits per heavy atom. The quantitative estimate of drug-likeness (QED) is 0.762. The van der Waals surface area contributed by atoms with Crippen LogP contribution in [0.25, 0.3) is 0 Å². The summed E-state index contributed by atoms with van der Waals surface area (Å²) in [4.78, 5) is 2.18. The maximum atomic E-state index is 3.19. The molecular formula is C11H18N2. The first kappa shape index (κ1) is 10.1. The summed E-state index contributed by atoms with van der Waals surface area (Å²) in [6.07, 6.45) is 0. The monoisotopic (exact) mass is 178 g/mol. The van der Waals surface area contributed by atoms with Crippen LogP contribution in [0.3, 0.4) is 0 Å². The van der Waals surface area contributed by atoms with E-state index in [1.54, 1.807) is 0 Å². The van der Waals surface area contributed by atoms with Gasteiger partial charge in [-0.15, -0.1) is 0 Å². The summed E-state index contributed by atoms with van der Waals surface area (Å²) in [5.74, 6) is 0. The van der Waals surface area contributed by atoms with Crippen molar-refractivity contribution in [3.8, 4) is 0 Å². The topological polar surface area (TPSA) is 15.3 Å². The van der Waals surface area contributed by atoms with Crippen LogP contribution in [0.15, 0.2) is 18.2 Å². The predicted octanol–water partition coefficient (Wildman–Crippen LogP) is 2.10. The lowest BCUT2D eigenvalue weighted by atomic mass is 10.1. The van der Waals surface area contributed by atoms with Crippen LogP contribution in [-0.2, 0) is 6.54 Å². The molecule has 0 bridgehead atoms. The normalized spacial score (nSPS) is 10.5. The number of nitrogens with zero attached hydrogens (tertiary/aromatic N) is 1. The van der Waals surface area contributed by atoms with Gasteiger partial charge < -0.3 is 10.2 Å². The first-order valence-corrected chi connectivity index (χ1v) is 4.56. The second-order valence-corrected chi connectivity index (χ2v) is 3.58. The molecule has 1 aromatic carbocycles. The first-order chi connectivity index (χ1) is 6.15. The maximum Gasteiger partial charge on any atom is 0.0370 e. The zero-order valence-corrected chi connectivity index (χ0v) is 8.89. The van der Waals surface area contributed by atoms with Gasteiger partial charge in [0, 0.05) is 19.3 Å². The van der Waals surface area contributed by atoms with Crippen LogP contribution in [0.2, 0.25) is 0 Å². The van der Waals surface area contributed by atoms with Gasteiger partial charge in [-0.25, -0.2) is 0 Å². The van der Waals surface area contributed by atoms with E-state index in [1.807, 2.05) is 7.05 Å². The Morgan fingerprint density at radius 2 is 2.00 bits per heavy atom. The average molecular weight is 178 g/mol. The van der Waals surface area contributed by atoms with Crippen molar-refractivity contribution >= 4 is 5.69 Å². The summed E-state index contributed by atoms with van der Waals surface area (Å²) in [5.41, 5.74) is 3.95. The molecule has 0 spiro atoms. The highest BCUT2D eigenvalue weighted by Crippen LogP contribution is 2.18. The molecule has 0 saturated heterocycles. The third kappa shape index (κ3) is 2.46. The van der Waals surface area contributed by atoms with Crippen molar-refractivity contribution < 1.29 is 0 Å². The van der Waals surface area contributed by atoms with Crippen molar-refractivity contribution in [2.45, 2.75) is 13.5 Å². The Bertz CT molecular complexity index is 279. The van der Waals surface area contributed by atoms with E-state index in [0.717, 1.165) is 6.54 Å². The molecular weight excluding hydrogens is 160 g/mol. The lowest BCUT2D eigenvalue weighted by Crippen LogP contribution is -2.12. The molecule has 0 fully saturated rings. The second kappa shape index (κ2) is 4.28. The lowest BCUT2D eigenvalue weighted by Gasteiger charge is -2.14. The minimum atomic E-state index is 1.00. The van der Waals surface area contributed by atoms with Crippen LogP contribution in [-0.4, -0.2) is 26.0 Å². The zero-order valence-electron chi connectivity index (χ0n) is 8.89. The van der Waals surface area contributed by atoms with Gasteiger partial charge in [0.2, 0.25) is 0 Å². The molecule has 0 aliphatic heterocycles. The summed E-state index contributed by atoms with van der Waals surface area (Å²) in [7, 11) is 6.14. The molecule has 13 heavy (non-hydrogen) atoms. The van der Waals surface area contributed by atoms with Gasteiger partial charge in [0.05, 0.1) is 0 Å². The SMILES string of the molecule is CNc1cccc(CN(C)C)c1C. The zero-order chi connectivity index (χ0) is 9.84. The number of benzene rings is 1. The van der Waals surface area contributed by atoms with Crippen LogP contribution in [0.5, 0.6) is 0 Å². The predicted molar refractivity (Wildman–Crippen MR) is 58.1 cm³/mol. The Labute approximate surface area is 80.6 Å². The minimum Gasteiger partial charge on any atom is -0.388 e. The molecule has 0 atom stereocenters. The molecule has 2 nitrogen and oxygen atoms in total. The molecule has 0 heterocycles. The van der Waals surface area contributed by atoms with Gasteiger partial charge in [-0.05, 0) is 38.2 Å². The Balaban J connectivity index is 2.94. The molecule has 2 heteroatoms. The molecule has 0 aliphatic carbocycles. The molecule has 0 amide bonds. The van der Waals surface area contributed by atoms with Crippen LogP contribution < -0.4 is 5.32 Å². The molecule has 1 N–H and O–H groups in total. The highest BCUT2D eigenvalue weighted by molar-refractivity contribution is 5.53. The summed E-state index contributed by atoms with van der Waals surface area (Å²) in [6, 6.07) is 6.38. The Morgan fingerprint density at radius 1 is 1.31 bits per heavy atom. The first-order valence-electron chi connectivity index (χ1n) is 4.56. The molecule has 0 saturated carbocycles. The van der Waals surface area contributed by atoms with Gasteiger partial charge in [-0.2, -0.15) is 0 Å². The lowest BCUT2D eigenvalue weighted by molar-refractivity contribution is 0.401. The van der Waals surface area contributed by atoms with E-state index in [1.165, 1.54) is 16.8 Å². The number of rotatable bonds is 3. The van der Waals surface area contributed by atoms with Gasteiger partial charge in [-0.3, -0.25) is 0 Å². The number of nitrogens with one attached hydrogen (secondary N) is 1. The fraction of sp³-hybridized carbons (Fsp3) is 0.455. The van der Waals surface area contributed by atoms with Crippen molar-refractivity contribution in [3.05, 3.63) is 29.3 Å². The van der Waals surface area contributed by atoms with Gasteiger partial charge >= 0.3 is 0 Å². The van der Waals surface area contributed by atoms with E-state index in [4.69, 9.17) is 0 Å². The van der Waals surface area contributed by atoms with Crippen molar-refractivity contribution in [3.63, 3.8) is 0 Å². The third-order valence-electron chi connectivity index (χ3n) is 2.20. The largest absolute Gasteiger partial charge is 0.388 e. The molecule has 0 unspecified atom stereocenters. The van der Waals surface area contributed by atoms with Crippen LogP contribution in [0.4, 0.5) is 5.69 Å². The number of hydrogen-bond acceptors (Lipinski definition) is 2. The Kier molecular flexibility index (Phi) is 3.32. The van der Waals surface area contributed by atoms with Crippen LogP contribution >= 0.6 is 0 Å². The van der Waals surface area contributed by atoms with Crippen molar-refractivity contribution in [2.24, 2.45) is 0 Å². The van der Waals surface area contributed by atoms with Crippen molar-refractivity contribution in [2.75, 3.05) is 26.5 Å². The average Bonchev–Trinajstić information content (AvgIpc) is 2.08. The van der Waals surface area contributed by atoms with Gasteiger partial charge in [0.15, 0.2) is 0 Å². The smallest absolute Gasteiger partial charge is 0.0370 e. The molecule has 0 aromatic heterocycles. The van der Waals surface area contributed by atoms with Gasteiger partial charge in [0.25, 0.3) is 0 Å². The third-order valence-corrected chi connectivity index (χ3v) is 2.20. The maximum absolute atomic E-state index is 3.19. The van der Waals surface area contributed by atoms with Crippen molar-refractivity contribution in [1.82, 2.24) is 4.90 Å². The van der Waals surface area contributed by atoms with Crippen molar-refractivity contribution in [1.29, 1.82) is 0 Å². The molecule has 0 aliphatic rings. The molecule has 0 radical (unpaired) electrons. The van der Waals surface area contributed by atoms with Crippen LogP contribution in [0, 0.1) is 6.92 Å². The van der Waals surface area contributed by atoms with E-state index in [0.29, 0.717) is 0 Å². The van der Waals surface area contributed by atoms with E-state index in [9.17, 15) is 0 Å². The Hall–Kier alpha value is -1.02. The fourth-order valence-electron chi connectivity index (χ4n) is 1.47. The number of hydrogen-bond donors (Lipinski definition) is 1. The molecule has 72 valence electrons. The molecule has 1 rings (SSSR count).